The molecule has 20 heavy (non-hydrogen) atoms. The molecule has 3 nitrogen and oxygen atoms in total. The van der Waals surface area contributed by atoms with Crippen molar-refractivity contribution in [3.05, 3.63) is 76.8 Å². The summed E-state index contributed by atoms with van der Waals surface area (Å²) < 4.78 is 0.599. The van der Waals surface area contributed by atoms with E-state index in [2.05, 4.69) is 15.0 Å². The van der Waals surface area contributed by atoms with Gasteiger partial charge in [0.05, 0.1) is 0 Å². The minimum Gasteiger partial charge on any atom is -0.343 e. The molecule has 0 aliphatic rings. The first-order valence-electron chi connectivity index (χ1n) is 6.36. The first kappa shape index (κ1) is 12.7. The molecule has 1 aromatic carbocycles. The molecule has 0 aliphatic heterocycles. The summed E-state index contributed by atoms with van der Waals surface area (Å²) in [5.74, 6) is 0.803. The molecule has 3 rings (SSSR count). The normalized spacial score (nSPS) is 10.4. The Bertz CT molecular complexity index is 751. The predicted octanol–water partition coefficient (Wildman–Crippen LogP) is 3.79. The highest BCUT2D eigenvalue weighted by Crippen LogP contribution is 2.15. The van der Waals surface area contributed by atoms with E-state index in [1.807, 2.05) is 54.7 Å². The van der Waals surface area contributed by atoms with Crippen molar-refractivity contribution in [2.75, 3.05) is 0 Å². The summed E-state index contributed by atoms with van der Waals surface area (Å²) in [6, 6.07) is 15.9. The van der Waals surface area contributed by atoms with Gasteiger partial charge in [-0.25, -0.2) is 4.98 Å². The van der Waals surface area contributed by atoms with Crippen LogP contribution in [0.5, 0.6) is 0 Å². The Hall–Kier alpha value is -2.33. The average Bonchev–Trinajstić information content (AvgIpc) is 2.49. The fourth-order valence-electron chi connectivity index (χ4n) is 2.06. The van der Waals surface area contributed by atoms with E-state index >= 15 is 0 Å². The Morgan fingerprint density at radius 3 is 2.65 bits per heavy atom. The molecule has 98 valence electrons. The number of aromatic nitrogens is 3. The summed E-state index contributed by atoms with van der Waals surface area (Å²) in [5.41, 5.74) is 3.21. The topological polar surface area (TPSA) is 41.6 Å². The van der Waals surface area contributed by atoms with Gasteiger partial charge in [-0.2, -0.15) is 0 Å². The van der Waals surface area contributed by atoms with Crippen LogP contribution in [-0.4, -0.2) is 15.0 Å². The Balaban J connectivity index is 1.97. The zero-order chi connectivity index (χ0) is 13.8. The number of nitrogens with zero attached hydrogens (tertiary/aromatic N) is 2. The summed E-state index contributed by atoms with van der Waals surface area (Å²) in [5, 5.41) is 0. The largest absolute Gasteiger partial charge is 0.343 e. The molecule has 0 atom stereocenters. The standard InChI is InChI=1S/C16H13N3S/c20-15-10-14(9-12-5-4-8-17-11-12)18-16(19-15)13-6-2-1-3-7-13/h1-8,10-11H,9H2,(H,18,19,20). The van der Waals surface area contributed by atoms with Crippen molar-refractivity contribution in [2.45, 2.75) is 6.42 Å². The number of nitrogens with one attached hydrogen (secondary N) is 1. The molecule has 4 heteroatoms. The van der Waals surface area contributed by atoms with Crippen LogP contribution in [0.25, 0.3) is 11.4 Å². The molecule has 0 radical (unpaired) electrons. The van der Waals surface area contributed by atoms with Gasteiger partial charge in [0, 0.05) is 30.1 Å². The van der Waals surface area contributed by atoms with E-state index in [0.717, 1.165) is 29.1 Å². The second-order valence-electron chi connectivity index (χ2n) is 4.50. The third kappa shape index (κ3) is 2.97. The van der Waals surface area contributed by atoms with Crippen LogP contribution in [0.1, 0.15) is 11.3 Å². The number of benzene rings is 1. The number of hydrogen-bond acceptors (Lipinski definition) is 3. The van der Waals surface area contributed by atoms with Crippen LogP contribution in [-0.2, 0) is 6.42 Å². The summed E-state index contributed by atoms with van der Waals surface area (Å²) in [6.07, 6.45) is 4.40. The molecule has 2 aromatic heterocycles. The molecular weight excluding hydrogens is 266 g/mol. The quantitative estimate of drug-likeness (QED) is 0.742. The van der Waals surface area contributed by atoms with Gasteiger partial charge in [0.25, 0.3) is 0 Å². The maximum Gasteiger partial charge on any atom is 0.139 e. The van der Waals surface area contributed by atoms with Crippen molar-refractivity contribution in [1.29, 1.82) is 0 Å². The van der Waals surface area contributed by atoms with E-state index in [9.17, 15) is 0 Å². The van der Waals surface area contributed by atoms with E-state index in [0.29, 0.717) is 4.64 Å². The Labute approximate surface area is 122 Å². The van der Waals surface area contributed by atoms with Gasteiger partial charge in [-0.3, -0.25) is 4.98 Å². The zero-order valence-electron chi connectivity index (χ0n) is 10.8. The smallest absolute Gasteiger partial charge is 0.139 e. The second-order valence-corrected chi connectivity index (χ2v) is 4.92. The van der Waals surface area contributed by atoms with E-state index in [-0.39, 0.29) is 0 Å². The summed E-state index contributed by atoms with van der Waals surface area (Å²) in [4.78, 5) is 11.9. The van der Waals surface area contributed by atoms with Gasteiger partial charge in [0.2, 0.25) is 0 Å². The van der Waals surface area contributed by atoms with Crippen LogP contribution in [0, 0.1) is 4.64 Å². The maximum atomic E-state index is 5.26. The van der Waals surface area contributed by atoms with Crippen LogP contribution in [0.15, 0.2) is 60.9 Å². The first-order chi connectivity index (χ1) is 9.81. The fourth-order valence-corrected chi connectivity index (χ4v) is 2.29. The third-order valence-corrected chi connectivity index (χ3v) is 3.17. The molecule has 0 saturated carbocycles. The van der Waals surface area contributed by atoms with Crippen LogP contribution in [0.4, 0.5) is 0 Å². The highest BCUT2D eigenvalue weighted by molar-refractivity contribution is 7.71. The molecule has 0 fully saturated rings. The van der Waals surface area contributed by atoms with Gasteiger partial charge >= 0.3 is 0 Å². The summed E-state index contributed by atoms with van der Waals surface area (Å²) in [7, 11) is 0. The van der Waals surface area contributed by atoms with Crippen molar-refractivity contribution in [2.24, 2.45) is 0 Å². The minimum absolute atomic E-state index is 0.599. The molecule has 0 unspecified atom stereocenters. The predicted molar refractivity (Wildman–Crippen MR) is 81.9 cm³/mol. The summed E-state index contributed by atoms with van der Waals surface area (Å²) >= 11 is 5.26. The van der Waals surface area contributed by atoms with Gasteiger partial charge < -0.3 is 4.98 Å². The van der Waals surface area contributed by atoms with Crippen molar-refractivity contribution < 1.29 is 0 Å². The third-order valence-electron chi connectivity index (χ3n) is 2.96. The molecule has 0 amide bonds. The van der Waals surface area contributed by atoms with Gasteiger partial charge in [0.15, 0.2) is 0 Å². The van der Waals surface area contributed by atoms with Gasteiger partial charge in [-0.1, -0.05) is 48.6 Å². The van der Waals surface area contributed by atoms with Crippen molar-refractivity contribution in [3.63, 3.8) is 0 Å². The highest BCUT2D eigenvalue weighted by Gasteiger charge is 2.03. The van der Waals surface area contributed by atoms with E-state index in [1.165, 1.54) is 0 Å². The zero-order valence-corrected chi connectivity index (χ0v) is 11.6. The van der Waals surface area contributed by atoms with Gasteiger partial charge in [-0.05, 0) is 17.7 Å². The highest BCUT2D eigenvalue weighted by atomic mass is 32.1. The Morgan fingerprint density at radius 2 is 1.90 bits per heavy atom. The lowest BCUT2D eigenvalue weighted by molar-refractivity contribution is 1.02. The monoisotopic (exact) mass is 279 g/mol. The molecule has 0 bridgehead atoms. The Kier molecular flexibility index (Phi) is 3.65. The van der Waals surface area contributed by atoms with Crippen LogP contribution in [0.2, 0.25) is 0 Å². The lowest BCUT2D eigenvalue weighted by Gasteiger charge is -2.06. The molecule has 0 saturated heterocycles. The number of pyridine rings is 1. The first-order valence-corrected chi connectivity index (χ1v) is 6.77. The number of H-pyrrole nitrogens is 1. The van der Waals surface area contributed by atoms with E-state index in [1.54, 1.807) is 6.20 Å². The molecule has 0 spiro atoms. The minimum atomic E-state index is 0.599. The molecule has 3 aromatic rings. The van der Waals surface area contributed by atoms with E-state index < -0.39 is 0 Å². The molecular formula is C16H13N3S. The van der Waals surface area contributed by atoms with Crippen molar-refractivity contribution >= 4 is 12.2 Å². The number of hydrogen-bond donors (Lipinski definition) is 1. The van der Waals surface area contributed by atoms with Crippen LogP contribution < -0.4 is 0 Å². The summed E-state index contributed by atoms with van der Waals surface area (Å²) in [6.45, 7) is 0. The number of aromatic amines is 1. The molecule has 0 aliphatic carbocycles. The fraction of sp³-hybridized carbons (Fsp3) is 0.0625. The SMILES string of the molecule is S=c1cc(Cc2cccnc2)[nH]c(-c2ccccc2)n1. The number of rotatable bonds is 3. The second kappa shape index (κ2) is 5.75. The lowest BCUT2D eigenvalue weighted by Crippen LogP contribution is -1.97. The van der Waals surface area contributed by atoms with Gasteiger partial charge in [0.1, 0.15) is 10.5 Å². The average molecular weight is 279 g/mol. The van der Waals surface area contributed by atoms with Crippen molar-refractivity contribution in [3.8, 4) is 11.4 Å². The van der Waals surface area contributed by atoms with Crippen LogP contribution in [0.3, 0.4) is 0 Å². The Morgan fingerprint density at radius 1 is 1.05 bits per heavy atom. The van der Waals surface area contributed by atoms with Crippen molar-refractivity contribution in [1.82, 2.24) is 15.0 Å². The lowest BCUT2D eigenvalue weighted by atomic mass is 10.1. The maximum absolute atomic E-state index is 5.26. The molecule has 2 heterocycles. The van der Waals surface area contributed by atoms with Crippen LogP contribution >= 0.6 is 12.2 Å². The van der Waals surface area contributed by atoms with E-state index in [4.69, 9.17) is 12.2 Å². The molecule has 1 N–H and O–H groups in total. The van der Waals surface area contributed by atoms with Gasteiger partial charge in [-0.15, -0.1) is 0 Å².